The lowest BCUT2D eigenvalue weighted by Gasteiger charge is -2.13. The van der Waals surface area contributed by atoms with Crippen molar-refractivity contribution in [2.75, 3.05) is 5.32 Å². The van der Waals surface area contributed by atoms with Crippen LogP contribution in [0.15, 0.2) is 97.8 Å². The molecule has 3 aromatic rings. The first kappa shape index (κ1) is 21.1. The predicted molar refractivity (Wildman–Crippen MR) is 128 cm³/mol. The SMILES string of the molecule is C=C/C=C(\C=C)CC(=S)Nc1ncc(-c2ccc(O)cc2)nc1Cc1ccccc1. The molecular weight excluding hydrogens is 390 g/mol. The maximum absolute atomic E-state index is 9.55. The Hall–Kier alpha value is -3.57. The molecule has 0 aliphatic rings. The maximum Gasteiger partial charge on any atom is 0.152 e. The molecule has 4 nitrogen and oxygen atoms in total. The largest absolute Gasteiger partial charge is 0.508 e. The van der Waals surface area contributed by atoms with Crippen molar-refractivity contribution in [1.29, 1.82) is 0 Å². The smallest absolute Gasteiger partial charge is 0.152 e. The van der Waals surface area contributed by atoms with E-state index in [1.165, 1.54) is 0 Å². The average Bonchev–Trinajstić information content (AvgIpc) is 2.76. The fourth-order valence-electron chi connectivity index (χ4n) is 2.93. The molecule has 30 heavy (non-hydrogen) atoms. The Morgan fingerprint density at radius 2 is 1.80 bits per heavy atom. The quantitative estimate of drug-likeness (QED) is 0.357. The fraction of sp³-hybridized carbons (Fsp3) is 0.0800. The van der Waals surface area contributed by atoms with E-state index in [1.54, 1.807) is 30.5 Å². The molecule has 0 radical (unpaired) electrons. The van der Waals surface area contributed by atoms with E-state index in [9.17, 15) is 5.11 Å². The van der Waals surface area contributed by atoms with Crippen LogP contribution < -0.4 is 5.32 Å². The van der Waals surface area contributed by atoms with Gasteiger partial charge in [-0.3, -0.25) is 0 Å². The molecule has 0 saturated heterocycles. The van der Waals surface area contributed by atoms with Crippen molar-refractivity contribution < 1.29 is 5.11 Å². The van der Waals surface area contributed by atoms with E-state index in [1.807, 2.05) is 36.4 Å². The van der Waals surface area contributed by atoms with Gasteiger partial charge in [-0.25, -0.2) is 9.97 Å². The molecule has 1 aromatic heterocycles. The zero-order valence-electron chi connectivity index (χ0n) is 16.6. The van der Waals surface area contributed by atoms with Gasteiger partial charge >= 0.3 is 0 Å². The highest BCUT2D eigenvalue weighted by atomic mass is 32.1. The lowest BCUT2D eigenvalue weighted by molar-refractivity contribution is 0.475. The number of rotatable bonds is 8. The van der Waals surface area contributed by atoms with Crippen molar-refractivity contribution in [3.8, 4) is 17.0 Å². The predicted octanol–water partition coefficient (Wildman–Crippen LogP) is 5.87. The molecule has 0 unspecified atom stereocenters. The summed E-state index contributed by atoms with van der Waals surface area (Å²) in [6.45, 7) is 7.53. The number of nitrogens with one attached hydrogen (secondary N) is 1. The van der Waals surface area contributed by atoms with Crippen LogP contribution in [0.5, 0.6) is 5.75 Å². The second kappa shape index (κ2) is 10.3. The molecule has 5 heteroatoms. The summed E-state index contributed by atoms with van der Waals surface area (Å²) < 4.78 is 0. The van der Waals surface area contributed by atoms with Crippen molar-refractivity contribution in [2.24, 2.45) is 0 Å². The third kappa shape index (κ3) is 5.72. The summed E-state index contributed by atoms with van der Waals surface area (Å²) >= 11 is 5.53. The van der Waals surface area contributed by atoms with E-state index in [2.05, 4.69) is 35.6 Å². The minimum atomic E-state index is 0.213. The number of allylic oxidation sites excluding steroid dienone is 3. The summed E-state index contributed by atoms with van der Waals surface area (Å²) in [5.41, 5.74) is 4.51. The van der Waals surface area contributed by atoms with Crippen LogP contribution in [-0.2, 0) is 6.42 Å². The van der Waals surface area contributed by atoms with Crippen molar-refractivity contribution in [1.82, 2.24) is 9.97 Å². The summed E-state index contributed by atoms with van der Waals surface area (Å²) in [5.74, 6) is 0.846. The van der Waals surface area contributed by atoms with E-state index in [-0.39, 0.29) is 5.75 Å². The molecule has 0 aliphatic carbocycles. The van der Waals surface area contributed by atoms with Crippen molar-refractivity contribution in [3.05, 3.63) is 109 Å². The van der Waals surface area contributed by atoms with Gasteiger partial charge in [0.05, 0.1) is 22.6 Å². The van der Waals surface area contributed by atoms with Crippen LogP contribution in [0.1, 0.15) is 17.7 Å². The topological polar surface area (TPSA) is 58.0 Å². The molecule has 0 atom stereocenters. The molecule has 0 spiro atoms. The number of phenolic OH excluding ortho intramolecular Hbond substituents is 1. The van der Waals surface area contributed by atoms with Gasteiger partial charge in [-0.05, 0) is 35.4 Å². The molecule has 0 saturated carbocycles. The molecule has 150 valence electrons. The van der Waals surface area contributed by atoms with Crippen LogP contribution in [0.4, 0.5) is 5.82 Å². The number of anilines is 1. The maximum atomic E-state index is 9.55. The van der Waals surface area contributed by atoms with E-state index in [0.29, 0.717) is 23.6 Å². The first-order chi connectivity index (χ1) is 14.6. The second-order valence-electron chi connectivity index (χ2n) is 6.67. The Balaban J connectivity index is 1.91. The molecule has 1 heterocycles. The molecule has 2 aromatic carbocycles. The summed E-state index contributed by atoms with van der Waals surface area (Å²) in [5, 5.41) is 12.8. The Bertz CT molecular complexity index is 1070. The Labute approximate surface area is 182 Å². The number of hydrogen-bond donors (Lipinski definition) is 2. The lowest BCUT2D eigenvalue weighted by atomic mass is 10.1. The van der Waals surface area contributed by atoms with E-state index >= 15 is 0 Å². The van der Waals surface area contributed by atoms with Gasteiger partial charge in [-0.1, -0.05) is 73.9 Å². The molecule has 0 bridgehead atoms. The van der Waals surface area contributed by atoms with Gasteiger partial charge < -0.3 is 10.4 Å². The van der Waals surface area contributed by atoms with Crippen molar-refractivity contribution in [2.45, 2.75) is 12.8 Å². The van der Waals surface area contributed by atoms with Gasteiger partial charge in [0.2, 0.25) is 0 Å². The summed E-state index contributed by atoms with van der Waals surface area (Å²) in [6, 6.07) is 17.0. The van der Waals surface area contributed by atoms with Crippen LogP contribution in [-0.4, -0.2) is 20.1 Å². The third-order valence-electron chi connectivity index (χ3n) is 4.44. The van der Waals surface area contributed by atoms with Crippen LogP contribution >= 0.6 is 12.2 Å². The van der Waals surface area contributed by atoms with E-state index < -0.39 is 0 Å². The number of aromatic nitrogens is 2. The Kier molecular flexibility index (Phi) is 7.24. The Morgan fingerprint density at radius 3 is 2.47 bits per heavy atom. The van der Waals surface area contributed by atoms with Gasteiger partial charge in [0.25, 0.3) is 0 Å². The highest BCUT2D eigenvalue weighted by molar-refractivity contribution is 7.80. The average molecular weight is 414 g/mol. The van der Waals surface area contributed by atoms with Crippen molar-refractivity contribution in [3.63, 3.8) is 0 Å². The van der Waals surface area contributed by atoms with Crippen LogP contribution in [0.3, 0.4) is 0 Å². The number of nitrogens with zero attached hydrogens (tertiary/aromatic N) is 2. The second-order valence-corrected chi connectivity index (χ2v) is 7.16. The van der Waals surface area contributed by atoms with Crippen LogP contribution in [0.2, 0.25) is 0 Å². The normalized spacial score (nSPS) is 11.0. The molecule has 2 N–H and O–H groups in total. The van der Waals surface area contributed by atoms with E-state index in [0.717, 1.165) is 28.1 Å². The minimum Gasteiger partial charge on any atom is -0.508 e. The monoisotopic (exact) mass is 413 g/mol. The van der Waals surface area contributed by atoms with E-state index in [4.69, 9.17) is 17.2 Å². The third-order valence-corrected chi connectivity index (χ3v) is 4.69. The first-order valence-corrected chi connectivity index (χ1v) is 9.93. The summed E-state index contributed by atoms with van der Waals surface area (Å²) in [6.07, 6.45) is 8.22. The zero-order chi connectivity index (χ0) is 21.3. The van der Waals surface area contributed by atoms with Gasteiger partial charge in [-0.15, -0.1) is 0 Å². The number of phenols is 1. The number of aromatic hydroxyl groups is 1. The number of hydrogen-bond acceptors (Lipinski definition) is 4. The molecule has 3 rings (SSSR count). The van der Waals surface area contributed by atoms with Gasteiger partial charge in [0, 0.05) is 18.4 Å². The lowest BCUT2D eigenvalue weighted by Crippen LogP contribution is -2.14. The highest BCUT2D eigenvalue weighted by Gasteiger charge is 2.12. The number of benzene rings is 2. The van der Waals surface area contributed by atoms with Gasteiger partial charge in [0.15, 0.2) is 5.82 Å². The fourth-order valence-corrected chi connectivity index (χ4v) is 3.19. The minimum absolute atomic E-state index is 0.213. The highest BCUT2D eigenvalue weighted by Crippen LogP contribution is 2.24. The van der Waals surface area contributed by atoms with Crippen LogP contribution in [0, 0.1) is 0 Å². The molecule has 0 amide bonds. The Morgan fingerprint density at radius 1 is 1.07 bits per heavy atom. The number of thiocarbonyl (C=S) groups is 1. The molecule has 0 fully saturated rings. The zero-order valence-corrected chi connectivity index (χ0v) is 17.4. The molecular formula is C25H23N3OS. The van der Waals surface area contributed by atoms with Gasteiger partial charge in [-0.2, -0.15) is 0 Å². The van der Waals surface area contributed by atoms with Crippen LogP contribution in [0.25, 0.3) is 11.3 Å². The summed E-state index contributed by atoms with van der Waals surface area (Å²) in [4.78, 5) is 10.1. The first-order valence-electron chi connectivity index (χ1n) is 9.52. The molecule has 0 aliphatic heterocycles. The summed E-state index contributed by atoms with van der Waals surface area (Å²) in [7, 11) is 0. The van der Waals surface area contributed by atoms with Crippen molar-refractivity contribution >= 4 is 23.0 Å². The standard InChI is InChI=1S/C25H23N3OS/c1-3-8-18(4-2)16-24(30)28-25-22(15-19-9-6-5-7-10-19)27-23(17-26-25)20-11-13-21(29)14-12-20/h3-14,17,29H,1-2,15-16H2,(H,26,28,30)/b18-8+. The van der Waals surface area contributed by atoms with Gasteiger partial charge in [0.1, 0.15) is 5.75 Å².